The van der Waals surface area contributed by atoms with Crippen molar-refractivity contribution in [1.29, 1.82) is 0 Å². The van der Waals surface area contributed by atoms with Crippen molar-refractivity contribution in [3.8, 4) is 0 Å². The Labute approximate surface area is 114 Å². The first-order chi connectivity index (χ1) is 9.14. The summed E-state index contributed by atoms with van der Waals surface area (Å²) in [6, 6.07) is -0.128. The summed E-state index contributed by atoms with van der Waals surface area (Å²) in [4.78, 5) is 23.6. The van der Waals surface area contributed by atoms with E-state index in [-0.39, 0.29) is 18.5 Å². The fourth-order valence-electron chi connectivity index (χ4n) is 3.16. The summed E-state index contributed by atoms with van der Waals surface area (Å²) in [5.41, 5.74) is -0.745. The zero-order valence-electron chi connectivity index (χ0n) is 11.4. The summed E-state index contributed by atoms with van der Waals surface area (Å²) in [7, 11) is 0. The van der Waals surface area contributed by atoms with Crippen molar-refractivity contribution in [2.24, 2.45) is 5.41 Å². The van der Waals surface area contributed by atoms with Gasteiger partial charge in [-0.25, -0.2) is 0 Å². The van der Waals surface area contributed by atoms with Crippen LogP contribution in [0.5, 0.6) is 0 Å². The quantitative estimate of drug-likeness (QED) is 0.671. The molecule has 108 valence electrons. The lowest BCUT2D eigenvalue weighted by Gasteiger charge is -2.28. The van der Waals surface area contributed by atoms with Crippen molar-refractivity contribution in [3.63, 3.8) is 0 Å². The zero-order chi connectivity index (χ0) is 13.7. The van der Waals surface area contributed by atoms with Gasteiger partial charge in [0.15, 0.2) is 0 Å². The predicted octanol–water partition coefficient (Wildman–Crippen LogP) is 1.28. The van der Waals surface area contributed by atoms with Crippen LogP contribution in [-0.2, 0) is 9.59 Å². The van der Waals surface area contributed by atoms with E-state index in [9.17, 15) is 14.7 Å². The molecule has 19 heavy (non-hydrogen) atoms. The maximum absolute atomic E-state index is 12.0. The highest BCUT2D eigenvalue weighted by molar-refractivity contribution is 5.83. The minimum Gasteiger partial charge on any atom is -0.481 e. The van der Waals surface area contributed by atoms with Crippen molar-refractivity contribution in [2.45, 2.75) is 57.4 Å². The van der Waals surface area contributed by atoms with Crippen LogP contribution in [0.2, 0.25) is 0 Å². The third-order valence-corrected chi connectivity index (χ3v) is 4.49. The number of carbonyl (C=O) groups excluding carboxylic acids is 1. The van der Waals surface area contributed by atoms with Crippen LogP contribution in [-0.4, -0.2) is 36.1 Å². The van der Waals surface area contributed by atoms with Crippen molar-refractivity contribution in [3.05, 3.63) is 0 Å². The van der Waals surface area contributed by atoms with Crippen molar-refractivity contribution < 1.29 is 14.7 Å². The Kier molecular flexibility index (Phi) is 4.80. The lowest BCUT2D eigenvalue weighted by Crippen LogP contribution is -2.47. The molecule has 2 aliphatic rings. The molecular formula is C14H24N2O3. The van der Waals surface area contributed by atoms with Gasteiger partial charge in [-0.05, 0) is 32.2 Å². The average Bonchev–Trinajstić information content (AvgIpc) is 2.82. The van der Waals surface area contributed by atoms with Gasteiger partial charge in [0.1, 0.15) is 0 Å². The summed E-state index contributed by atoms with van der Waals surface area (Å²) >= 11 is 0. The van der Waals surface area contributed by atoms with E-state index < -0.39 is 11.4 Å². The number of carbonyl (C=O) groups is 2. The Morgan fingerprint density at radius 1 is 1.16 bits per heavy atom. The summed E-state index contributed by atoms with van der Waals surface area (Å²) in [6.45, 7) is 1.15. The van der Waals surface area contributed by atoms with E-state index in [1.54, 1.807) is 0 Å². The van der Waals surface area contributed by atoms with Gasteiger partial charge < -0.3 is 15.7 Å². The highest BCUT2D eigenvalue weighted by atomic mass is 16.4. The molecule has 2 fully saturated rings. The first-order valence-corrected chi connectivity index (χ1v) is 7.39. The molecule has 2 rings (SSSR count). The smallest absolute Gasteiger partial charge is 0.311 e. The minimum absolute atomic E-state index is 0.0395. The van der Waals surface area contributed by atoms with Gasteiger partial charge in [-0.3, -0.25) is 9.59 Å². The fraction of sp³-hybridized carbons (Fsp3) is 0.857. The number of amides is 1. The molecule has 0 aromatic carbocycles. The maximum Gasteiger partial charge on any atom is 0.311 e. The molecule has 1 heterocycles. The highest BCUT2D eigenvalue weighted by Gasteiger charge is 2.39. The Bertz CT molecular complexity index is 330. The molecule has 3 N–H and O–H groups in total. The van der Waals surface area contributed by atoms with E-state index in [1.165, 1.54) is 0 Å². The SMILES string of the molecule is O=C(NCC1(C(=O)O)CCCCCC1)[C@@H]1CCCN1. The number of hydrogen-bond acceptors (Lipinski definition) is 3. The highest BCUT2D eigenvalue weighted by Crippen LogP contribution is 2.34. The first-order valence-electron chi connectivity index (χ1n) is 7.39. The molecular weight excluding hydrogens is 244 g/mol. The molecule has 0 spiro atoms. The average molecular weight is 268 g/mol. The fourth-order valence-corrected chi connectivity index (χ4v) is 3.16. The van der Waals surface area contributed by atoms with Gasteiger partial charge in [0.25, 0.3) is 0 Å². The van der Waals surface area contributed by atoms with E-state index in [0.29, 0.717) is 12.8 Å². The maximum atomic E-state index is 12.0. The summed E-state index contributed by atoms with van der Waals surface area (Å²) in [5, 5.41) is 15.5. The summed E-state index contributed by atoms with van der Waals surface area (Å²) < 4.78 is 0. The third kappa shape index (κ3) is 3.47. The molecule has 1 aliphatic carbocycles. The van der Waals surface area contributed by atoms with Crippen LogP contribution in [0.1, 0.15) is 51.4 Å². The van der Waals surface area contributed by atoms with Crippen LogP contribution in [0.3, 0.4) is 0 Å². The zero-order valence-corrected chi connectivity index (χ0v) is 11.4. The van der Waals surface area contributed by atoms with Crippen molar-refractivity contribution in [2.75, 3.05) is 13.1 Å². The van der Waals surface area contributed by atoms with Gasteiger partial charge in [0.05, 0.1) is 11.5 Å². The van der Waals surface area contributed by atoms with Crippen LogP contribution < -0.4 is 10.6 Å². The van der Waals surface area contributed by atoms with Gasteiger partial charge in [0, 0.05) is 6.54 Å². The number of nitrogens with one attached hydrogen (secondary N) is 2. The Balaban J connectivity index is 1.92. The lowest BCUT2D eigenvalue weighted by atomic mass is 9.80. The van der Waals surface area contributed by atoms with Crippen LogP contribution >= 0.6 is 0 Å². The molecule has 0 aromatic heterocycles. The molecule has 0 bridgehead atoms. The van der Waals surface area contributed by atoms with Crippen LogP contribution in [0, 0.1) is 5.41 Å². The second-order valence-electron chi connectivity index (χ2n) is 5.87. The number of hydrogen-bond donors (Lipinski definition) is 3. The van der Waals surface area contributed by atoms with E-state index in [1.807, 2.05) is 0 Å². The van der Waals surface area contributed by atoms with Crippen molar-refractivity contribution in [1.82, 2.24) is 10.6 Å². The van der Waals surface area contributed by atoms with E-state index in [4.69, 9.17) is 0 Å². The number of rotatable bonds is 4. The van der Waals surface area contributed by atoms with E-state index >= 15 is 0 Å². The molecule has 0 unspecified atom stereocenters. The molecule has 1 saturated carbocycles. The van der Waals surface area contributed by atoms with Gasteiger partial charge in [0.2, 0.25) is 5.91 Å². The topological polar surface area (TPSA) is 78.4 Å². The number of carboxylic acid groups (broad SMARTS) is 1. The summed E-state index contributed by atoms with van der Waals surface area (Å²) in [5.74, 6) is -0.795. The van der Waals surface area contributed by atoms with E-state index in [0.717, 1.165) is 45.1 Å². The molecule has 1 amide bonds. The molecule has 0 radical (unpaired) electrons. The molecule has 5 nitrogen and oxygen atoms in total. The lowest BCUT2D eigenvalue weighted by molar-refractivity contribution is -0.149. The number of aliphatic carboxylic acids is 1. The van der Waals surface area contributed by atoms with Crippen LogP contribution in [0.4, 0.5) is 0 Å². The minimum atomic E-state index is -0.755. The van der Waals surface area contributed by atoms with Gasteiger partial charge in [-0.1, -0.05) is 25.7 Å². The Hall–Kier alpha value is -1.10. The molecule has 1 aliphatic heterocycles. The van der Waals surface area contributed by atoms with Gasteiger partial charge >= 0.3 is 5.97 Å². The largest absolute Gasteiger partial charge is 0.481 e. The second-order valence-corrected chi connectivity index (χ2v) is 5.87. The third-order valence-electron chi connectivity index (χ3n) is 4.49. The van der Waals surface area contributed by atoms with E-state index in [2.05, 4.69) is 10.6 Å². The standard InChI is InChI=1S/C14H24N2O3/c17-12(11-6-5-9-15-11)16-10-14(13(18)19)7-3-1-2-4-8-14/h11,15H,1-10H2,(H,16,17)(H,18,19)/t11-/m0/s1. The van der Waals surface area contributed by atoms with Crippen molar-refractivity contribution >= 4 is 11.9 Å². The van der Waals surface area contributed by atoms with Gasteiger partial charge in [-0.2, -0.15) is 0 Å². The number of carboxylic acids is 1. The Morgan fingerprint density at radius 2 is 1.84 bits per heavy atom. The van der Waals surface area contributed by atoms with Crippen LogP contribution in [0.25, 0.3) is 0 Å². The molecule has 0 aromatic rings. The normalized spacial score (nSPS) is 26.6. The van der Waals surface area contributed by atoms with Crippen LogP contribution in [0.15, 0.2) is 0 Å². The molecule has 5 heteroatoms. The summed E-state index contributed by atoms with van der Waals surface area (Å²) in [6.07, 6.45) is 7.34. The second kappa shape index (κ2) is 6.37. The first kappa shape index (κ1) is 14.3. The molecule has 1 atom stereocenters. The monoisotopic (exact) mass is 268 g/mol. The molecule has 1 saturated heterocycles. The van der Waals surface area contributed by atoms with Gasteiger partial charge in [-0.15, -0.1) is 0 Å². The predicted molar refractivity (Wildman–Crippen MR) is 71.8 cm³/mol. The Morgan fingerprint density at radius 3 is 2.37 bits per heavy atom.